The van der Waals surface area contributed by atoms with Gasteiger partial charge in [-0.1, -0.05) is 18.5 Å². The summed E-state index contributed by atoms with van der Waals surface area (Å²) in [6.07, 6.45) is 0.287. The van der Waals surface area contributed by atoms with Crippen LogP contribution in [-0.2, 0) is 4.79 Å². The first-order chi connectivity index (χ1) is 6.97. The molecule has 82 valence electrons. The summed E-state index contributed by atoms with van der Waals surface area (Å²) in [7, 11) is 0. The van der Waals surface area contributed by atoms with Crippen molar-refractivity contribution < 1.29 is 14.6 Å². The Bertz CT molecular complexity index is 399. The van der Waals surface area contributed by atoms with Crippen molar-refractivity contribution in [2.45, 2.75) is 27.2 Å². The standard InChI is InChI=1S/C11H13ClO3/c1-4-9(13)15-8-5-6(2)11(14)7(3)10(8)12/h5,14H,4H2,1-3H3. The monoisotopic (exact) mass is 228 g/mol. The zero-order chi connectivity index (χ0) is 11.6. The summed E-state index contributed by atoms with van der Waals surface area (Å²) < 4.78 is 5.03. The van der Waals surface area contributed by atoms with Gasteiger partial charge in [0.15, 0.2) is 0 Å². The van der Waals surface area contributed by atoms with E-state index in [4.69, 9.17) is 16.3 Å². The van der Waals surface area contributed by atoms with Gasteiger partial charge in [-0.05, 0) is 25.5 Å². The predicted octanol–water partition coefficient (Wildman–Crippen LogP) is 2.98. The van der Waals surface area contributed by atoms with Crippen LogP contribution in [0.15, 0.2) is 6.07 Å². The number of carbonyl (C=O) groups excluding carboxylic acids is 1. The molecule has 0 aliphatic heterocycles. The Balaban J connectivity index is 3.15. The number of halogens is 1. The minimum atomic E-state index is -0.346. The summed E-state index contributed by atoms with van der Waals surface area (Å²) >= 11 is 5.93. The van der Waals surface area contributed by atoms with Gasteiger partial charge in [0, 0.05) is 12.0 Å². The molecule has 3 nitrogen and oxygen atoms in total. The molecule has 0 saturated heterocycles. The normalized spacial score (nSPS) is 10.1. The summed E-state index contributed by atoms with van der Waals surface area (Å²) in [4.78, 5) is 11.1. The van der Waals surface area contributed by atoms with Gasteiger partial charge in [-0.2, -0.15) is 0 Å². The van der Waals surface area contributed by atoms with Crippen molar-refractivity contribution in [3.8, 4) is 11.5 Å². The first kappa shape index (κ1) is 11.9. The molecule has 0 bridgehead atoms. The lowest BCUT2D eigenvalue weighted by molar-refractivity contribution is -0.134. The van der Waals surface area contributed by atoms with E-state index >= 15 is 0 Å². The molecule has 0 radical (unpaired) electrons. The van der Waals surface area contributed by atoms with E-state index < -0.39 is 0 Å². The number of rotatable bonds is 2. The number of ether oxygens (including phenoxy) is 1. The first-order valence-corrected chi connectivity index (χ1v) is 5.04. The molecule has 0 aliphatic rings. The Morgan fingerprint density at radius 3 is 2.67 bits per heavy atom. The van der Waals surface area contributed by atoms with Crippen LogP contribution >= 0.6 is 11.6 Å². The van der Waals surface area contributed by atoms with Crippen LogP contribution < -0.4 is 4.74 Å². The minimum Gasteiger partial charge on any atom is -0.507 e. The molecular weight excluding hydrogens is 216 g/mol. The number of benzene rings is 1. The van der Waals surface area contributed by atoms with Crippen molar-refractivity contribution in [1.82, 2.24) is 0 Å². The van der Waals surface area contributed by atoms with Gasteiger partial charge in [0.05, 0.1) is 5.02 Å². The fraction of sp³-hybridized carbons (Fsp3) is 0.364. The molecule has 0 saturated carbocycles. The first-order valence-electron chi connectivity index (χ1n) is 4.66. The van der Waals surface area contributed by atoms with Crippen LogP contribution in [0.2, 0.25) is 5.02 Å². The Morgan fingerprint density at radius 2 is 2.13 bits per heavy atom. The van der Waals surface area contributed by atoms with Gasteiger partial charge in [-0.25, -0.2) is 0 Å². The van der Waals surface area contributed by atoms with Crippen molar-refractivity contribution in [2.75, 3.05) is 0 Å². The van der Waals surface area contributed by atoms with E-state index in [1.165, 1.54) is 0 Å². The molecular formula is C11H13ClO3. The summed E-state index contributed by atoms with van der Waals surface area (Å²) in [6, 6.07) is 1.55. The smallest absolute Gasteiger partial charge is 0.310 e. The van der Waals surface area contributed by atoms with Gasteiger partial charge in [0.2, 0.25) is 0 Å². The molecule has 0 aromatic heterocycles. The summed E-state index contributed by atoms with van der Waals surface area (Å²) in [5.74, 6) is 0.0917. The Labute approximate surface area is 93.6 Å². The second kappa shape index (κ2) is 4.53. The van der Waals surface area contributed by atoms with Gasteiger partial charge in [-0.15, -0.1) is 0 Å². The fourth-order valence-corrected chi connectivity index (χ4v) is 1.36. The average Bonchev–Trinajstić information content (AvgIpc) is 2.22. The molecule has 0 fully saturated rings. The van der Waals surface area contributed by atoms with E-state index in [0.717, 1.165) is 0 Å². The summed E-state index contributed by atoms with van der Waals surface area (Å²) in [6.45, 7) is 5.10. The highest BCUT2D eigenvalue weighted by Crippen LogP contribution is 2.36. The molecule has 1 rings (SSSR count). The van der Waals surface area contributed by atoms with E-state index in [9.17, 15) is 9.90 Å². The zero-order valence-electron chi connectivity index (χ0n) is 8.93. The highest BCUT2D eigenvalue weighted by Gasteiger charge is 2.13. The number of aryl methyl sites for hydroxylation is 1. The number of hydrogen-bond donors (Lipinski definition) is 1. The SMILES string of the molecule is CCC(=O)Oc1cc(C)c(O)c(C)c1Cl. The third kappa shape index (κ3) is 2.42. The lowest BCUT2D eigenvalue weighted by atomic mass is 10.1. The molecule has 1 aromatic rings. The van der Waals surface area contributed by atoms with Gasteiger partial charge in [-0.3, -0.25) is 4.79 Å². The van der Waals surface area contributed by atoms with Crippen LogP contribution in [0.25, 0.3) is 0 Å². The van der Waals surface area contributed by atoms with Crippen LogP contribution in [0, 0.1) is 13.8 Å². The number of phenols is 1. The molecule has 1 aromatic carbocycles. The fourth-order valence-electron chi connectivity index (χ4n) is 1.18. The maximum absolute atomic E-state index is 11.1. The maximum Gasteiger partial charge on any atom is 0.310 e. The van der Waals surface area contributed by atoms with Crippen LogP contribution in [-0.4, -0.2) is 11.1 Å². The quantitative estimate of drug-likeness (QED) is 0.625. The van der Waals surface area contributed by atoms with Gasteiger partial charge in [0.1, 0.15) is 11.5 Å². The van der Waals surface area contributed by atoms with E-state index in [1.807, 2.05) is 0 Å². The minimum absolute atomic E-state index is 0.135. The van der Waals surface area contributed by atoms with Crippen molar-refractivity contribution in [2.24, 2.45) is 0 Å². The Morgan fingerprint density at radius 1 is 1.53 bits per heavy atom. The average molecular weight is 229 g/mol. The van der Waals surface area contributed by atoms with Crippen LogP contribution in [0.5, 0.6) is 11.5 Å². The molecule has 4 heteroatoms. The maximum atomic E-state index is 11.1. The van der Waals surface area contributed by atoms with Crippen molar-refractivity contribution in [3.63, 3.8) is 0 Å². The molecule has 0 heterocycles. The molecule has 0 aliphatic carbocycles. The van der Waals surface area contributed by atoms with Crippen molar-refractivity contribution in [1.29, 1.82) is 0 Å². The Kier molecular flexibility index (Phi) is 3.58. The lowest BCUT2D eigenvalue weighted by Crippen LogP contribution is -2.06. The Hall–Kier alpha value is -1.22. The predicted molar refractivity (Wildman–Crippen MR) is 58.5 cm³/mol. The highest BCUT2D eigenvalue weighted by atomic mass is 35.5. The number of esters is 1. The second-order valence-corrected chi connectivity index (χ2v) is 3.68. The van der Waals surface area contributed by atoms with Gasteiger partial charge < -0.3 is 9.84 Å². The number of aromatic hydroxyl groups is 1. The molecule has 0 atom stereocenters. The number of carbonyl (C=O) groups is 1. The highest BCUT2D eigenvalue weighted by molar-refractivity contribution is 6.33. The van der Waals surface area contributed by atoms with Gasteiger partial charge in [0.25, 0.3) is 0 Å². The molecule has 0 amide bonds. The van der Waals surface area contributed by atoms with Crippen molar-refractivity contribution >= 4 is 17.6 Å². The van der Waals surface area contributed by atoms with E-state index in [1.54, 1.807) is 26.8 Å². The van der Waals surface area contributed by atoms with E-state index in [0.29, 0.717) is 16.9 Å². The molecule has 15 heavy (non-hydrogen) atoms. The summed E-state index contributed by atoms with van der Waals surface area (Å²) in [5, 5.41) is 9.86. The molecule has 0 unspecified atom stereocenters. The topological polar surface area (TPSA) is 46.5 Å². The number of hydrogen-bond acceptors (Lipinski definition) is 3. The van der Waals surface area contributed by atoms with E-state index in [-0.39, 0.29) is 23.2 Å². The van der Waals surface area contributed by atoms with Gasteiger partial charge >= 0.3 is 5.97 Å². The zero-order valence-corrected chi connectivity index (χ0v) is 9.68. The third-order valence-corrected chi connectivity index (χ3v) is 2.60. The van der Waals surface area contributed by atoms with Crippen LogP contribution in [0.4, 0.5) is 0 Å². The summed E-state index contributed by atoms with van der Waals surface area (Å²) in [5.41, 5.74) is 1.16. The lowest BCUT2D eigenvalue weighted by Gasteiger charge is -2.10. The molecule has 1 N–H and O–H groups in total. The van der Waals surface area contributed by atoms with Crippen molar-refractivity contribution in [3.05, 3.63) is 22.2 Å². The largest absolute Gasteiger partial charge is 0.507 e. The van der Waals surface area contributed by atoms with Crippen LogP contribution in [0.3, 0.4) is 0 Å². The third-order valence-electron chi connectivity index (χ3n) is 2.13. The molecule has 0 spiro atoms. The number of phenolic OH excluding ortho intramolecular Hbond substituents is 1. The van der Waals surface area contributed by atoms with E-state index in [2.05, 4.69) is 0 Å². The second-order valence-electron chi connectivity index (χ2n) is 3.31. The van der Waals surface area contributed by atoms with Crippen LogP contribution in [0.1, 0.15) is 24.5 Å².